The number of anilines is 1. The van der Waals surface area contributed by atoms with E-state index in [9.17, 15) is 18.0 Å². The van der Waals surface area contributed by atoms with Gasteiger partial charge in [0.1, 0.15) is 0 Å². The fraction of sp³-hybridized carbons (Fsp3) is 0.310. The minimum absolute atomic E-state index is 0.0149. The summed E-state index contributed by atoms with van der Waals surface area (Å²) in [6.45, 7) is 3.42. The van der Waals surface area contributed by atoms with Crippen molar-refractivity contribution in [3.63, 3.8) is 0 Å². The molecule has 5 rings (SSSR count). The van der Waals surface area contributed by atoms with Gasteiger partial charge in [-0.25, -0.2) is 8.42 Å². The highest BCUT2D eigenvalue weighted by atomic mass is 35.5. The molecular formula is C29H30ClN3O4S. The summed E-state index contributed by atoms with van der Waals surface area (Å²) in [4.78, 5) is 30.6. The van der Waals surface area contributed by atoms with Crippen LogP contribution in [0.3, 0.4) is 0 Å². The van der Waals surface area contributed by atoms with Crippen LogP contribution in [0.1, 0.15) is 52.0 Å². The Hall–Kier alpha value is -3.20. The Morgan fingerprint density at radius 2 is 1.66 bits per heavy atom. The Morgan fingerprint density at radius 1 is 0.895 bits per heavy atom. The second-order valence-corrected chi connectivity index (χ2v) is 12.0. The molecular weight excluding hydrogens is 522 g/mol. The van der Waals surface area contributed by atoms with Crippen LogP contribution in [0.25, 0.3) is 0 Å². The minimum Gasteiger partial charge on any atom is -0.351 e. The predicted octanol–water partition coefficient (Wildman–Crippen LogP) is 4.94. The number of carbonyl (C=O) groups excluding carboxylic acids is 2. The number of fused-ring (bicyclic) bond motifs is 2. The number of sulfone groups is 1. The summed E-state index contributed by atoms with van der Waals surface area (Å²) < 4.78 is 27.3. The van der Waals surface area contributed by atoms with Crippen LogP contribution in [0, 0.1) is 0 Å². The van der Waals surface area contributed by atoms with Crippen LogP contribution in [0.4, 0.5) is 5.69 Å². The fourth-order valence-electron chi connectivity index (χ4n) is 5.11. The van der Waals surface area contributed by atoms with Crippen molar-refractivity contribution < 1.29 is 18.0 Å². The number of hydrogen-bond acceptors (Lipinski definition) is 5. The largest absolute Gasteiger partial charge is 0.351 e. The lowest BCUT2D eigenvalue weighted by molar-refractivity contribution is 0.0945. The normalized spacial score (nSPS) is 17.2. The van der Waals surface area contributed by atoms with Crippen molar-refractivity contribution in [1.82, 2.24) is 10.2 Å². The molecule has 1 fully saturated rings. The first-order valence-corrected chi connectivity index (χ1v) is 14.8. The van der Waals surface area contributed by atoms with Gasteiger partial charge >= 0.3 is 0 Å². The number of benzene rings is 3. The second kappa shape index (κ2) is 11.3. The number of nitrogens with one attached hydrogen (secondary N) is 1. The molecule has 0 unspecified atom stereocenters. The Bertz CT molecular complexity index is 1470. The summed E-state index contributed by atoms with van der Waals surface area (Å²) in [6.07, 6.45) is 4.84. The van der Waals surface area contributed by atoms with Crippen LogP contribution < -0.4 is 10.2 Å². The van der Waals surface area contributed by atoms with E-state index in [4.69, 9.17) is 11.6 Å². The van der Waals surface area contributed by atoms with Gasteiger partial charge in [0, 0.05) is 23.7 Å². The zero-order chi connectivity index (χ0) is 26.7. The smallest absolute Gasteiger partial charge is 0.259 e. The predicted molar refractivity (Wildman–Crippen MR) is 148 cm³/mol. The van der Waals surface area contributed by atoms with Gasteiger partial charge in [-0.1, -0.05) is 48.7 Å². The molecule has 0 aromatic heterocycles. The molecule has 0 atom stereocenters. The highest BCUT2D eigenvalue weighted by Gasteiger charge is 2.36. The summed E-state index contributed by atoms with van der Waals surface area (Å²) in [5, 5.41) is 3.47. The first kappa shape index (κ1) is 26.4. The maximum atomic E-state index is 13.8. The van der Waals surface area contributed by atoms with Gasteiger partial charge in [0.25, 0.3) is 11.8 Å². The molecule has 0 bridgehead atoms. The zero-order valence-corrected chi connectivity index (χ0v) is 22.6. The lowest BCUT2D eigenvalue weighted by Gasteiger charge is -2.24. The highest BCUT2D eigenvalue weighted by Crippen LogP contribution is 2.38. The monoisotopic (exact) mass is 551 g/mol. The summed E-state index contributed by atoms with van der Waals surface area (Å²) in [5.74, 6) is -0.765. The van der Waals surface area contributed by atoms with Gasteiger partial charge in [0.2, 0.25) is 9.84 Å². The average molecular weight is 552 g/mol. The molecule has 38 heavy (non-hydrogen) atoms. The molecule has 7 nitrogen and oxygen atoms in total. The minimum atomic E-state index is -4.01. The van der Waals surface area contributed by atoms with Crippen molar-refractivity contribution in [2.45, 2.75) is 42.0 Å². The summed E-state index contributed by atoms with van der Waals surface area (Å²) in [7, 11) is -4.01. The molecule has 2 heterocycles. The third-order valence-corrected chi connectivity index (χ3v) is 9.19. The second-order valence-electron chi connectivity index (χ2n) is 9.72. The van der Waals surface area contributed by atoms with Gasteiger partial charge in [-0.05, 0) is 74.0 Å². The van der Waals surface area contributed by atoms with Gasteiger partial charge in [-0.3, -0.25) is 9.59 Å². The van der Waals surface area contributed by atoms with Crippen LogP contribution in [-0.2, 0) is 16.4 Å². The molecule has 1 N–H and O–H groups in total. The van der Waals surface area contributed by atoms with Crippen LogP contribution in [0.5, 0.6) is 0 Å². The topological polar surface area (TPSA) is 86.8 Å². The molecule has 2 aliphatic rings. The number of halogens is 1. The number of hydrogen-bond donors (Lipinski definition) is 1. The van der Waals surface area contributed by atoms with E-state index < -0.39 is 15.7 Å². The van der Waals surface area contributed by atoms with E-state index in [0.29, 0.717) is 17.1 Å². The maximum absolute atomic E-state index is 13.8. The fourth-order valence-corrected chi connectivity index (χ4v) is 6.96. The Balaban J connectivity index is 1.48. The van der Waals surface area contributed by atoms with Gasteiger partial charge < -0.3 is 15.1 Å². The summed E-state index contributed by atoms with van der Waals surface area (Å²) >= 11 is 6.18. The van der Waals surface area contributed by atoms with Crippen LogP contribution in [0.2, 0.25) is 5.02 Å². The third kappa shape index (κ3) is 5.48. The molecule has 198 valence electrons. The number of rotatable bonds is 6. The Kier molecular flexibility index (Phi) is 7.83. The van der Waals surface area contributed by atoms with E-state index in [1.54, 1.807) is 30.3 Å². The van der Waals surface area contributed by atoms with Gasteiger partial charge in [-0.2, -0.15) is 0 Å². The van der Waals surface area contributed by atoms with Gasteiger partial charge in [0.05, 0.1) is 27.6 Å². The SMILES string of the molecule is O=C(NCCN1CCCCCC1)c1ccc2c(c1)N(Cc1cccc(Cl)c1)C(=O)c1ccccc1S2(=O)=O. The van der Waals surface area contributed by atoms with Crippen LogP contribution >= 0.6 is 11.6 Å². The first-order chi connectivity index (χ1) is 18.3. The lowest BCUT2D eigenvalue weighted by atomic mass is 10.1. The summed E-state index contributed by atoms with van der Waals surface area (Å²) in [6, 6.07) is 17.7. The molecule has 0 spiro atoms. The molecule has 2 aliphatic heterocycles. The van der Waals surface area contributed by atoms with Crippen molar-refractivity contribution >= 4 is 38.9 Å². The van der Waals surface area contributed by atoms with Gasteiger partial charge in [-0.15, -0.1) is 0 Å². The van der Waals surface area contributed by atoms with E-state index in [0.717, 1.165) is 25.2 Å². The van der Waals surface area contributed by atoms with E-state index in [-0.39, 0.29) is 33.5 Å². The van der Waals surface area contributed by atoms with Crippen LogP contribution in [-0.4, -0.2) is 51.3 Å². The molecule has 3 aromatic rings. The van der Waals surface area contributed by atoms with Gasteiger partial charge in [0.15, 0.2) is 0 Å². The number of amides is 2. The molecule has 0 aliphatic carbocycles. The number of likely N-dealkylation sites (tertiary alicyclic amines) is 1. The van der Waals surface area contributed by atoms with E-state index in [2.05, 4.69) is 10.2 Å². The molecule has 1 saturated heterocycles. The standard InChI is InChI=1S/C29H30ClN3O4S/c30-23-9-7-8-21(18-23)20-33-25-19-22(28(34)31-14-17-32-15-5-1-2-6-16-32)12-13-27(25)38(36,37)26-11-4-3-10-24(26)29(33)35/h3-4,7-13,18-19H,1-2,5-6,14-17,20H2,(H,31,34). The van der Waals surface area contributed by atoms with Crippen molar-refractivity contribution in [3.05, 3.63) is 88.4 Å². The maximum Gasteiger partial charge on any atom is 0.259 e. The van der Waals surface area contributed by atoms with Crippen LogP contribution in [0.15, 0.2) is 76.5 Å². The first-order valence-electron chi connectivity index (χ1n) is 12.9. The molecule has 3 aromatic carbocycles. The zero-order valence-electron chi connectivity index (χ0n) is 21.0. The van der Waals surface area contributed by atoms with E-state index in [1.165, 1.54) is 60.9 Å². The quantitative estimate of drug-likeness (QED) is 0.469. The number of nitrogens with zero attached hydrogens (tertiary/aromatic N) is 2. The Labute approximate surface area is 228 Å². The third-order valence-electron chi connectivity index (χ3n) is 7.10. The average Bonchev–Trinajstić information content (AvgIpc) is 3.22. The highest BCUT2D eigenvalue weighted by molar-refractivity contribution is 7.91. The Morgan fingerprint density at radius 3 is 2.42 bits per heavy atom. The molecule has 0 saturated carbocycles. The van der Waals surface area contributed by atoms with E-state index in [1.807, 2.05) is 6.07 Å². The summed E-state index contributed by atoms with van der Waals surface area (Å²) in [5.41, 5.74) is 1.30. The number of carbonyl (C=O) groups is 2. The van der Waals surface area contributed by atoms with Crippen molar-refractivity contribution in [1.29, 1.82) is 0 Å². The van der Waals surface area contributed by atoms with Crippen molar-refractivity contribution in [2.24, 2.45) is 0 Å². The van der Waals surface area contributed by atoms with Crippen molar-refractivity contribution in [2.75, 3.05) is 31.1 Å². The molecule has 9 heteroatoms. The lowest BCUT2D eigenvalue weighted by Crippen LogP contribution is -2.35. The van der Waals surface area contributed by atoms with Crippen molar-refractivity contribution in [3.8, 4) is 0 Å². The molecule has 2 amide bonds. The molecule has 0 radical (unpaired) electrons. The van der Waals surface area contributed by atoms with E-state index >= 15 is 0 Å².